The third-order valence-electron chi connectivity index (χ3n) is 2.64. The van der Waals surface area contributed by atoms with Crippen LogP contribution in [0.5, 0.6) is 0 Å². The first-order valence-corrected chi connectivity index (χ1v) is 7.27. The summed E-state index contributed by atoms with van der Waals surface area (Å²) in [5, 5.41) is 0. The number of sulfone groups is 1. The maximum atomic E-state index is 10.9. The first-order valence-electron chi connectivity index (χ1n) is 5.21. The molecule has 0 saturated carbocycles. The standard InChI is InChI=1S/C10H23NO2S/c1-4-6-10(2,9-11)7-5-8-14(3,12)13/h4-9,11H2,1-3H3. The summed E-state index contributed by atoms with van der Waals surface area (Å²) in [7, 11) is -2.81. The van der Waals surface area contributed by atoms with Crippen molar-refractivity contribution < 1.29 is 8.42 Å². The third kappa shape index (κ3) is 6.38. The molecular weight excluding hydrogens is 198 g/mol. The van der Waals surface area contributed by atoms with Crippen LogP contribution in [0.3, 0.4) is 0 Å². The Morgan fingerprint density at radius 3 is 2.21 bits per heavy atom. The van der Waals surface area contributed by atoms with Crippen molar-refractivity contribution in [2.24, 2.45) is 11.1 Å². The van der Waals surface area contributed by atoms with Gasteiger partial charge in [0.05, 0.1) is 0 Å². The minimum Gasteiger partial charge on any atom is -0.330 e. The fourth-order valence-electron chi connectivity index (χ4n) is 1.69. The molecule has 0 saturated heterocycles. The quantitative estimate of drug-likeness (QED) is 0.710. The van der Waals surface area contributed by atoms with E-state index in [-0.39, 0.29) is 11.2 Å². The average Bonchev–Trinajstić information content (AvgIpc) is 2.02. The van der Waals surface area contributed by atoms with Crippen LogP contribution in [0, 0.1) is 5.41 Å². The van der Waals surface area contributed by atoms with Gasteiger partial charge in [-0.25, -0.2) is 8.42 Å². The van der Waals surface area contributed by atoms with Crippen molar-refractivity contribution in [2.75, 3.05) is 18.6 Å². The van der Waals surface area contributed by atoms with Crippen LogP contribution < -0.4 is 5.73 Å². The summed E-state index contributed by atoms with van der Waals surface area (Å²) >= 11 is 0. The highest BCUT2D eigenvalue weighted by Gasteiger charge is 2.21. The molecule has 0 aromatic carbocycles. The normalized spacial score (nSPS) is 16.6. The van der Waals surface area contributed by atoms with E-state index in [0.29, 0.717) is 6.54 Å². The summed E-state index contributed by atoms with van der Waals surface area (Å²) in [6.45, 7) is 4.91. The lowest BCUT2D eigenvalue weighted by Gasteiger charge is -2.27. The Bertz CT molecular complexity index is 249. The third-order valence-corrected chi connectivity index (χ3v) is 3.67. The number of hydrogen-bond donors (Lipinski definition) is 1. The van der Waals surface area contributed by atoms with Crippen molar-refractivity contribution in [3.8, 4) is 0 Å². The van der Waals surface area contributed by atoms with Crippen molar-refractivity contribution in [3.63, 3.8) is 0 Å². The molecule has 0 aromatic heterocycles. The summed E-state index contributed by atoms with van der Waals surface area (Å²) in [5.41, 5.74) is 5.82. The van der Waals surface area contributed by atoms with Crippen LogP contribution in [-0.4, -0.2) is 27.0 Å². The molecule has 86 valence electrons. The van der Waals surface area contributed by atoms with E-state index in [1.54, 1.807) is 0 Å². The lowest BCUT2D eigenvalue weighted by molar-refractivity contribution is 0.278. The Morgan fingerprint density at radius 2 is 1.86 bits per heavy atom. The highest BCUT2D eigenvalue weighted by atomic mass is 32.2. The van der Waals surface area contributed by atoms with E-state index in [1.807, 2.05) is 0 Å². The molecule has 2 N–H and O–H groups in total. The van der Waals surface area contributed by atoms with Gasteiger partial charge in [0.2, 0.25) is 0 Å². The molecule has 3 nitrogen and oxygen atoms in total. The molecule has 14 heavy (non-hydrogen) atoms. The lowest BCUT2D eigenvalue weighted by Crippen LogP contribution is -2.27. The molecule has 0 rings (SSSR count). The topological polar surface area (TPSA) is 60.2 Å². The van der Waals surface area contributed by atoms with Gasteiger partial charge in [0.1, 0.15) is 9.84 Å². The fourth-order valence-corrected chi connectivity index (χ4v) is 2.36. The minimum atomic E-state index is -2.81. The predicted molar refractivity (Wildman–Crippen MR) is 61.0 cm³/mol. The second kappa shape index (κ2) is 5.71. The predicted octanol–water partition coefficient (Wildman–Crippen LogP) is 1.58. The van der Waals surface area contributed by atoms with E-state index in [1.165, 1.54) is 6.26 Å². The van der Waals surface area contributed by atoms with Crippen molar-refractivity contribution in [1.82, 2.24) is 0 Å². The van der Waals surface area contributed by atoms with Gasteiger partial charge in [-0.3, -0.25) is 0 Å². The molecule has 0 amide bonds. The Kier molecular flexibility index (Phi) is 5.67. The molecule has 0 bridgehead atoms. The van der Waals surface area contributed by atoms with Crippen molar-refractivity contribution >= 4 is 9.84 Å². The SMILES string of the molecule is CCCC(C)(CN)CCCS(C)(=O)=O. The molecule has 0 aliphatic rings. The van der Waals surface area contributed by atoms with E-state index >= 15 is 0 Å². The molecule has 1 atom stereocenters. The van der Waals surface area contributed by atoms with Gasteiger partial charge in [0, 0.05) is 12.0 Å². The van der Waals surface area contributed by atoms with E-state index in [0.717, 1.165) is 25.7 Å². The zero-order valence-electron chi connectivity index (χ0n) is 9.54. The summed E-state index contributed by atoms with van der Waals surface area (Å²) in [6.07, 6.45) is 5.10. The molecule has 0 radical (unpaired) electrons. The minimum absolute atomic E-state index is 0.124. The maximum Gasteiger partial charge on any atom is 0.147 e. The van der Waals surface area contributed by atoms with Crippen molar-refractivity contribution in [2.45, 2.75) is 39.5 Å². The van der Waals surface area contributed by atoms with Gasteiger partial charge in [0.15, 0.2) is 0 Å². The Hall–Kier alpha value is -0.0900. The van der Waals surface area contributed by atoms with Gasteiger partial charge in [0.25, 0.3) is 0 Å². The van der Waals surface area contributed by atoms with Crippen molar-refractivity contribution in [3.05, 3.63) is 0 Å². The largest absolute Gasteiger partial charge is 0.330 e. The van der Waals surface area contributed by atoms with Crippen LogP contribution >= 0.6 is 0 Å². The van der Waals surface area contributed by atoms with Crippen LogP contribution in [0.15, 0.2) is 0 Å². The molecule has 0 aliphatic carbocycles. The molecule has 1 unspecified atom stereocenters. The second-order valence-electron chi connectivity index (χ2n) is 4.50. The summed E-state index contributed by atoms with van der Waals surface area (Å²) in [5.74, 6) is 0.284. The van der Waals surface area contributed by atoms with Gasteiger partial charge in [-0.05, 0) is 31.2 Å². The van der Waals surface area contributed by atoms with Gasteiger partial charge < -0.3 is 5.73 Å². The van der Waals surface area contributed by atoms with Crippen LogP contribution in [0.2, 0.25) is 0 Å². The monoisotopic (exact) mass is 221 g/mol. The zero-order valence-corrected chi connectivity index (χ0v) is 10.4. The summed E-state index contributed by atoms with van der Waals surface area (Å²) in [4.78, 5) is 0. The summed E-state index contributed by atoms with van der Waals surface area (Å²) < 4.78 is 21.9. The van der Waals surface area contributed by atoms with E-state index in [4.69, 9.17) is 5.73 Å². The maximum absolute atomic E-state index is 10.9. The first kappa shape index (κ1) is 13.9. The highest BCUT2D eigenvalue weighted by Crippen LogP contribution is 2.27. The smallest absolute Gasteiger partial charge is 0.147 e. The zero-order chi connectivity index (χ0) is 11.2. The Labute approximate surface area is 88.0 Å². The lowest BCUT2D eigenvalue weighted by atomic mass is 9.81. The van der Waals surface area contributed by atoms with Gasteiger partial charge in [-0.1, -0.05) is 20.3 Å². The van der Waals surface area contributed by atoms with E-state index in [9.17, 15) is 8.42 Å². The van der Waals surface area contributed by atoms with Crippen LogP contribution in [0.25, 0.3) is 0 Å². The van der Waals surface area contributed by atoms with Crippen LogP contribution in [-0.2, 0) is 9.84 Å². The van der Waals surface area contributed by atoms with E-state index in [2.05, 4.69) is 13.8 Å². The number of nitrogens with two attached hydrogens (primary N) is 1. The molecule has 0 aromatic rings. The average molecular weight is 221 g/mol. The van der Waals surface area contributed by atoms with Crippen LogP contribution in [0.1, 0.15) is 39.5 Å². The molecule has 0 fully saturated rings. The molecule has 0 heterocycles. The molecule has 0 aliphatic heterocycles. The molecule has 4 heteroatoms. The summed E-state index contributed by atoms with van der Waals surface area (Å²) in [6, 6.07) is 0. The van der Waals surface area contributed by atoms with Crippen LogP contribution in [0.4, 0.5) is 0 Å². The Balaban J connectivity index is 3.96. The first-order chi connectivity index (χ1) is 6.33. The molecule has 0 spiro atoms. The second-order valence-corrected chi connectivity index (χ2v) is 6.76. The molecular formula is C10H23NO2S. The van der Waals surface area contributed by atoms with Gasteiger partial charge in [-0.2, -0.15) is 0 Å². The van der Waals surface area contributed by atoms with E-state index < -0.39 is 9.84 Å². The fraction of sp³-hybridized carbons (Fsp3) is 1.00. The number of hydrogen-bond acceptors (Lipinski definition) is 3. The van der Waals surface area contributed by atoms with Gasteiger partial charge >= 0.3 is 0 Å². The number of rotatable bonds is 7. The highest BCUT2D eigenvalue weighted by molar-refractivity contribution is 7.90. The Morgan fingerprint density at radius 1 is 1.29 bits per heavy atom. The van der Waals surface area contributed by atoms with Gasteiger partial charge in [-0.15, -0.1) is 0 Å². The van der Waals surface area contributed by atoms with Crippen molar-refractivity contribution in [1.29, 1.82) is 0 Å².